The van der Waals surface area contributed by atoms with Gasteiger partial charge >= 0.3 is 5.97 Å². The van der Waals surface area contributed by atoms with Gasteiger partial charge in [-0.25, -0.2) is 0 Å². The van der Waals surface area contributed by atoms with Gasteiger partial charge in [-0.05, 0) is 62.8 Å². The van der Waals surface area contributed by atoms with Gasteiger partial charge in [-0.1, -0.05) is 89.0 Å². The highest BCUT2D eigenvalue weighted by atomic mass is 16.4. The van der Waals surface area contributed by atoms with Crippen LogP contribution in [0.1, 0.15) is 102 Å². The van der Waals surface area contributed by atoms with Crippen molar-refractivity contribution < 1.29 is 15.0 Å². The predicted octanol–water partition coefficient (Wildman–Crippen LogP) is 7.02. The maximum Gasteiger partial charge on any atom is 0.321 e. The molecule has 0 saturated carbocycles. The number of benzene rings is 1. The molecule has 176 valence electrons. The minimum Gasteiger partial charge on any atom is -0.508 e. The summed E-state index contributed by atoms with van der Waals surface area (Å²) < 4.78 is 0. The van der Waals surface area contributed by atoms with Crippen LogP contribution < -0.4 is 5.32 Å². The van der Waals surface area contributed by atoms with Crippen molar-refractivity contribution in [2.24, 2.45) is 0 Å². The monoisotopic (exact) mass is 431 g/mol. The third kappa shape index (κ3) is 15.6. The number of aliphatic carboxylic acids is 1. The first kappa shape index (κ1) is 27.2. The molecule has 0 aliphatic rings. The van der Waals surface area contributed by atoms with Crippen molar-refractivity contribution in [3.8, 4) is 5.75 Å². The van der Waals surface area contributed by atoms with E-state index in [1.54, 1.807) is 24.3 Å². The predicted molar refractivity (Wildman–Crippen MR) is 131 cm³/mol. The molecule has 0 aliphatic heterocycles. The molecular formula is C27H45NO3. The highest BCUT2D eigenvalue weighted by Crippen LogP contribution is 2.12. The maximum atomic E-state index is 11.5. The Morgan fingerprint density at radius 1 is 0.839 bits per heavy atom. The van der Waals surface area contributed by atoms with Gasteiger partial charge < -0.3 is 15.5 Å². The second kappa shape index (κ2) is 18.9. The average Bonchev–Trinajstić information content (AvgIpc) is 2.76. The fraction of sp³-hybridized carbons (Fsp3) is 0.667. The van der Waals surface area contributed by atoms with E-state index in [1.807, 2.05) is 0 Å². The summed E-state index contributed by atoms with van der Waals surface area (Å²) in [7, 11) is 0. The highest BCUT2D eigenvalue weighted by molar-refractivity contribution is 5.73. The number of carboxylic acids is 1. The van der Waals surface area contributed by atoms with E-state index >= 15 is 0 Å². The highest BCUT2D eigenvalue weighted by Gasteiger charge is 2.16. The zero-order valence-corrected chi connectivity index (χ0v) is 19.7. The molecule has 0 radical (unpaired) electrons. The zero-order valence-electron chi connectivity index (χ0n) is 19.7. The van der Waals surface area contributed by atoms with Crippen molar-refractivity contribution in [2.45, 2.75) is 109 Å². The molecule has 31 heavy (non-hydrogen) atoms. The second-order valence-electron chi connectivity index (χ2n) is 8.65. The van der Waals surface area contributed by atoms with Gasteiger partial charge in [-0.3, -0.25) is 4.79 Å². The minimum absolute atomic E-state index is 0.202. The van der Waals surface area contributed by atoms with Crippen molar-refractivity contribution in [3.05, 3.63) is 42.0 Å². The number of allylic oxidation sites excluding steroid dienone is 2. The van der Waals surface area contributed by atoms with Gasteiger partial charge in [0.2, 0.25) is 0 Å². The lowest BCUT2D eigenvalue weighted by Gasteiger charge is -2.14. The molecule has 0 aromatic heterocycles. The van der Waals surface area contributed by atoms with Gasteiger partial charge in [-0.2, -0.15) is 0 Å². The summed E-state index contributed by atoms with van der Waals surface area (Å²) in [6.07, 6.45) is 23.0. The first-order chi connectivity index (χ1) is 15.1. The molecule has 0 spiro atoms. The number of hydrogen-bond donors (Lipinski definition) is 3. The topological polar surface area (TPSA) is 69.6 Å². The van der Waals surface area contributed by atoms with Crippen molar-refractivity contribution in [2.75, 3.05) is 6.54 Å². The van der Waals surface area contributed by atoms with Crippen LogP contribution in [0.3, 0.4) is 0 Å². The van der Waals surface area contributed by atoms with Crippen LogP contribution in [-0.4, -0.2) is 28.8 Å². The first-order valence-electron chi connectivity index (χ1n) is 12.5. The Bertz CT molecular complexity index is 583. The largest absolute Gasteiger partial charge is 0.508 e. The molecular weight excluding hydrogens is 386 g/mol. The lowest BCUT2D eigenvalue weighted by Crippen LogP contribution is -2.39. The van der Waals surface area contributed by atoms with Gasteiger partial charge in [0.25, 0.3) is 0 Å². The van der Waals surface area contributed by atoms with Crippen LogP contribution in [0.25, 0.3) is 0 Å². The number of hydrogen-bond acceptors (Lipinski definition) is 3. The molecule has 1 aromatic carbocycles. The number of nitrogens with one attached hydrogen (secondary N) is 1. The van der Waals surface area contributed by atoms with Crippen LogP contribution >= 0.6 is 0 Å². The Kier molecular flexibility index (Phi) is 16.6. The smallest absolute Gasteiger partial charge is 0.321 e. The zero-order chi connectivity index (χ0) is 22.6. The van der Waals surface area contributed by atoms with E-state index < -0.39 is 12.0 Å². The number of unbranched alkanes of at least 4 members (excludes halogenated alkanes) is 12. The van der Waals surface area contributed by atoms with Crippen LogP contribution in [0.4, 0.5) is 0 Å². The molecule has 0 bridgehead atoms. The fourth-order valence-electron chi connectivity index (χ4n) is 3.76. The summed E-state index contributed by atoms with van der Waals surface area (Å²) in [5, 5.41) is 21.9. The van der Waals surface area contributed by atoms with Crippen molar-refractivity contribution in [3.63, 3.8) is 0 Å². The summed E-state index contributed by atoms with van der Waals surface area (Å²) >= 11 is 0. The molecule has 4 nitrogen and oxygen atoms in total. The first-order valence-corrected chi connectivity index (χ1v) is 12.5. The van der Waals surface area contributed by atoms with Gasteiger partial charge in [0.15, 0.2) is 0 Å². The lowest BCUT2D eigenvalue weighted by molar-refractivity contribution is -0.139. The SMILES string of the molecule is CCCCCCCCC=CCCCCCCCCN[C@@H](Cc1ccc(O)cc1)C(=O)O. The third-order valence-corrected chi connectivity index (χ3v) is 5.75. The van der Waals surface area contributed by atoms with E-state index in [-0.39, 0.29) is 5.75 Å². The Morgan fingerprint density at radius 2 is 1.35 bits per heavy atom. The van der Waals surface area contributed by atoms with E-state index in [4.69, 9.17) is 0 Å². The van der Waals surface area contributed by atoms with Crippen LogP contribution in [0, 0.1) is 0 Å². The van der Waals surface area contributed by atoms with E-state index in [1.165, 1.54) is 77.0 Å². The molecule has 1 rings (SSSR count). The molecule has 1 aromatic rings. The Balaban J connectivity index is 1.94. The summed E-state index contributed by atoms with van der Waals surface area (Å²) in [5.41, 5.74) is 0.915. The normalized spacial score (nSPS) is 12.4. The number of phenols is 1. The van der Waals surface area contributed by atoms with Gasteiger partial charge in [0.05, 0.1) is 0 Å². The van der Waals surface area contributed by atoms with Crippen LogP contribution in [0.5, 0.6) is 5.75 Å². The average molecular weight is 432 g/mol. The second-order valence-corrected chi connectivity index (χ2v) is 8.65. The maximum absolute atomic E-state index is 11.5. The number of carboxylic acid groups (broad SMARTS) is 1. The third-order valence-electron chi connectivity index (χ3n) is 5.75. The lowest BCUT2D eigenvalue weighted by atomic mass is 10.1. The van der Waals surface area contributed by atoms with Crippen molar-refractivity contribution >= 4 is 5.97 Å². The molecule has 0 aliphatic carbocycles. The van der Waals surface area contributed by atoms with E-state index in [0.29, 0.717) is 6.42 Å². The number of rotatable bonds is 20. The standard InChI is InChI=1S/C27H45NO3/c1-2-3-4-5-6-7-8-9-10-11-12-13-14-15-16-17-22-28-26(27(30)31)23-24-18-20-25(29)21-19-24/h9-10,18-21,26,28-29H,2-8,11-17,22-23H2,1H3,(H,30,31)/t26-/m0/s1. The minimum atomic E-state index is -0.822. The molecule has 0 heterocycles. The summed E-state index contributed by atoms with van der Waals surface area (Å²) in [5.74, 6) is -0.620. The fourth-order valence-corrected chi connectivity index (χ4v) is 3.76. The molecule has 0 amide bonds. The number of carbonyl (C=O) groups is 1. The molecule has 4 heteroatoms. The number of phenolic OH excluding ortho intramolecular Hbond substituents is 1. The molecule has 1 atom stereocenters. The number of aromatic hydroxyl groups is 1. The van der Waals surface area contributed by atoms with Crippen molar-refractivity contribution in [1.29, 1.82) is 0 Å². The van der Waals surface area contributed by atoms with E-state index in [0.717, 1.165) is 24.9 Å². The summed E-state index contributed by atoms with van der Waals surface area (Å²) in [4.78, 5) is 11.5. The Hall–Kier alpha value is -1.81. The Labute approximate surface area is 190 Å². The van der Waals surface area contributed by atoms with E-state index in [2.05, 4.69) is 24.4 Å². The summed E-state index contributed by atoms with van der Waals surface area (Å²) in [6, 6.07) is 6.17. The van der Waals surface area contributed by atoms with E-state index in [9.17, 15) is 15.0 Å². The molecule has 3 N–H and O–H groups in total. The van der Waals surface area contributed by atoms with Gasteiger partial charge in [0.1, 0.15) is 11.8 Å². The summed E-state index contributed by atoms with van der Waals surface area (Å²) in [6.45, 7) is 3.00. The van der Waals surface area contributed by atoms with Crippen LogP contribution in [0.2, 0.25) is 0 Å². The van der Waals surface area contributed by atoms with Crippen LogP contribution in [0.15, 0.2) is 36.4 Å². The van der Waals surface area contributed by atoms with Gasteiger partial charge in [0, 0.05) is 0 Å². The van der Waals surface area contributed by atoms with Gasteiger partial charge in [-0.15, -0.1) is 0 Å². The Morgan fingerprint density at radius 3 is 1.90 bits per heavy atom. The molecule has 0 saturated heterocycles. The van der Waals surface area contributed by atoms with Crippen molar-refractivity contribution in [1.82, 2.24) is 5.32 Å². The van der Waals surface area contributed by atoms with Crippen LogP contribution in [-0.2, 0) is 11.2 Å². The molecule has 0 fully saturated rings. The molecule has 0 unspecified atom stereocenters. The quantitative estimate of drug-likeness (QED) is 0.153.